The van der Waals surface area contributed by atoms with Crippen LogP contribution in [-0.4, -0.2) is 16.1 Å². The maximum atomic E-state index is 6.75. The summed E-state index contributed by atoms with van der Waals surface area (Å²) in [6.45, 7) is 2.33. The van der Waals surface area contributed by atoms with Crippen molar-refractivity contribution in [1.82, 2.24) is 4.57 Å². The molecule has 10 aromatic carbocycles. The van der Waals surface area contributed by atoms with E-state index in [9.17, 15) is 0 Å². The summed E-state index contributed by atoms with van der Waals surface area (Å²) in [6.07, 6.45) is 3.09. The third kappa shape index (κ3) is 6.05. The number of benzene rings is 10. The van der Waals surface area contributed by atoms with Crippen molar-refractivity contribution < 1.29 is 4.42 Å². The van der Waals surface area contributed by atoms with Gasteiger partial charge in [-0.25, -0.2) is 9.98 Å². The zero-order valence-corrected chi connectivity index (χ0v) is 39.0. The highest BCUT2D eigenvalue weighted by Gasteiger charge is 2.26. The smallest absolute Gasteiger partial charge is 0.160 e. The van der Waals surface area contributed by atoms with Gasteiger partial charge in [-0.1, -0.05) is 140 Å². The molecule has 1 atom stereocenters. The lowest BCUT2D eigenvalue weighted by atomic mass is 9.91. The van der Waals surface area contributed by atoms with E-state index in [4.69, 9.17) is 14.4 Å². The van der Waals surface area contributed by atoms with Crippen LogP contribution in [0.25, 0.3) is 117 Å². The lowest BCUT2D eigenvalue weighted by Crippen LogP contribution is -2.19. The molecule has 15 rings (SSSR count). The van der Waals surface area contributed by atoms with Crippen LogP contribution in [0.5, 0.6) is 0 Å². The van der Waals surface area contributed by atoms with Gasteiger partial charge in [0.05, 0.1) is 28.1 Å². The average molecular weight is 918 g/mol. The molecule has 0 saturated carbocycles. The van der Waals surface area contributed by atoms with Crippen LogP contribution < -0.4 is 0 Å². The molecule has 69 heavy (non-hydrogen) atoms. The van der Waals surface area contributed by atoms with E-state index >= 15 is 0 Å². The molecule has 5 heterocycles. The largest absolute Gasteiger partial charge is 0.456 e. The molecule has 1 aliphatic heterocycles. The average Bonchev–Trinajstić information content (AvgIpc) is 4.14. The number of furan rings is 1. The maximum absolute atomic E-state index is 6.75. The number of rotatable bonds is 4. The molecular weight excluding hydrogens is 879 g/mol. The number of fused-ring (bicyclic) bond motifs is 14. The van der Waals surface area contributed by atoms with Gasteiger partial charge in [0.15, 0.2) is 5.84 Å². The normalized spacial score (nSPS) is 17.1. The Kier molecular flexibility index (Phi) is 8.41. The molecule has 4 nitrogen and oxygen atoms in total. The van der Waals surface area contributed by atoms with Gasteiger partial charge in [0.2, 0.25) is 0 Å². The third-order valence-corrected chi connectivity index (χ3v) is 16.7. The molecule has 1 aliphatic rings. The first-order valence-corrected chi connectivity index (χ1v) is 25.2. The van der Waals surface area contributed by atoms with Crippen LogP contribution >= 0.6 is 22.7 Å². The van der Waals surface area contributed by atoms with Gasteiger partial charge in [-0.3, -0.25) is 0 Å². The van der Waals surface area contributed by atoms with Crippen LogP contribution in [0.4, 0.5) is 0 Å². The highest BCUT2D eigenvalue weighted by atomic mass is 32.1. The Morgan fingerprint density at radius 1 is 0.449 bits per heavy atom. The van der Waals surface area contributed by atoms with Crippen LogP contribution in [0.3, 0.4) is 0 Å². The molecule has 0 fully saturated rings. The van der Waals surface area contributed by atoms with E-state index < -0.39 is 0 Å². The van der Waals surface area contributed by atoms with Gasteiger partial charge in [-0.05, 0) is 88.6 Å². The second-order valence-electron chi connectivity index (χ2n) is 18.5. The molecule has 0 radical (unpaired) electrons. The summed E-state index contributed by atoms with van der Waals surface area (Å²) in [5.74, 6) is 0.705. The fourth-order valence-electron chi connectivity index (χ4n) is 11.0. The first-order chi connectivity index (χ1) is 34.1. The van der Waals surface area contributed by atoms with Gasteiger partial charge in [0.25, 0.3) is 0 Å². The van der Waals surface area contributed by atoms with E-state index in [2.05, 4.69) is 212 Å². The number of thiophene rings is 2. The number of hydrogen-bond donors (Lipinski definition) is 0. The first kappa shape index (κ1) is 38.9. The van der Waals surface area contributed by atoms with Crippen molar-refractivity contribution in [2.45, 2.75) is 13.3 Å². The Morgan fingerprint density at radius 3 is 1.64 bits per heavy atom. The summed E-state index contributed by atoms with van der Waals surface area (Å²) in [4.78, 5) is 11.5. The molecular formula is C63H39N3OS2. The van der Waals surface area contributed by atoms with Crippen LogP contribution in [0, 0.1) is 5.92 Å². The summed E-state index contributed by atoms with van der Waals surface area (Å²) in [5.41, 5.74) is 10.1. The number of allylic oxidation sites excluding steroid dienone is 1. The van der Waals surface area contributed by atoms with Crippen LogP contribution in [0.1, 0.15) is 30.0 Å². The van der Waals surface area contributed by atoms with E-state index in [1.807, 2.05) is 22.7 Å². The number of amidine groups is 1. The van der Waals surface area contributed by atoms with Crippen LogP contribution in [0.15, 0.2) is 215 Å². The lowest BCUT2D eigenvalue weighted by Gasteiger charge is -2.22. The SMILES string of the molecule is CC1C/C=C(c2ccc3c(c2)sc2ccccc23)/N=C(c2ccc3c(c2)sc2ccccc23)\N=C/1c1cc2c(cc1-n1c3cc4ccccc4cc3c3cc4ccccc4cc31)oc1ccccc12. The molecule has 0 saturated heterocycles. The molecule has 14 aromatic rings. The monoisotopic (exact) mass is 917 g/mol. The van der Waals surface area contributed by atoms with Gasteiger partial charge in [-0.15, -0.1) is 22.7 Å². The molecule has 324 valence electrons. The summed E-state index contributed by atoms with van der Waals surface area (Å²) in [7, 11) is 0. The van der Waals surface area contributed by atoms with E-state index in [1.54, 1.807) is 0 Å². The number of hydrogen-bond acceptors (Lipinski definition) is 5. The first-order valence-electron chi connectivity index (χ1n) is 23.6. The summed E-state index contributed by atoms with van der Waals surface area (Å²) in [5, 5.41) is 14.5. The summed E-state index contributed by atoms with van der Waals surface area (Å²) >= 11 is 3.67. The van der Waals surface area contributed by atoms with Crippen LogP contribution in [0.2, 0.25) is 0 Å². The Bertz CT molecular complexity index is 4520. The van der Waals surface area contributed by atoms with Crippen molar-refractivity contribution >= 4 is 146 Å². The summed E-state index contributed by atoms with van der Waals surface area (Å²) in [6, 6.07) is 70.9. The minimum absolute atomic E-state index is 0.00994. The zero-order chi connectivity index (χ0) is 45.3. The molecule has 0 amide bonds. The fourth-order valence-corrected chi connectivity index (χ4v) is 13.3. The number of aliphatic imine (C=N–C) groups is 2. The Balaban J connectivity index is 1.02. The van der Waals surface area contributed by atoms with Crippen molar-refractivity contribution in [3.63, 3.8) is 0 Å². The van der Waals surface area contributed by atoms with Crippen molar-refractivity contribution in [3.05, 3.63) is 217 Å². The molecule has 0 N–H and O–H groups in total. The molecule has 0 bridgehead atoms. The lowest BCUT2D eigenvalue weighted by molar-refractivity contribution is 0.668. The van der Waals surface area contributed by atoms with Crippen molar-refractivity contribution in [3.8, 4) is 5.69 Å². The number of para-hydroxylation sites is 1. The molecule has 0 aliphatic carbocycles. The molecule has 0 spiro atoms. The van der Waals surface area contributed by atoms with Crippen molar-refractivity contribution in [2.75, 3.05) is 0 Å². The van der Waals surface area contributed by atoms with Gasteiger partial charge in [-0.2, -0.15) is 0 Å². The highest BCUT2D eigenvalue weighted by Crippen LogP contribution is 2.43. The maximum Gasteiger partial charge on any atom is 0.160 e. The van der Waals surface area contributed by atoms with E-state index in [-0.39, 0.29) is 5.92 Å². The summed E-state index contributed by atoms with van der Waals surface area (Å²) < 4.78 is 14.3. The standard InChI is InChI=1S/C63H39N3OS2/c1-36-22-27-52(41-23-25-46-44-17-7-10-20-58(44)68-60(46)32-41)64-63(42-24-26-47-45-18-8-11-21-59(45)69-61(47)33-42)65-62(36)51-34-50-43-16-6-9-19-56(43)67-57(50)35-55(51)66-53-30-39-14-4-2-12-37(39)28-48(53)49-29-38-13-3-5-15-40(38)31-54(49)66/h2-21,23-36H,22H2,1H3/b52-27+,64-63-,65-62+. The predicted octanol–water partition coefficient (Wildman–Crippen LogP) is 18.0. The number of nitrogens with zero attached hydrogens (tertiary/aromatic N) is 3. The van der Waals surface area contributed by atoms with Gasteiger partial charge < -0.3 is 8.98 Å². The molecule has 1 unspecified atom stereocenters. The quantitative estimate of drug-likeness (QED) is 0.173. The predicted molar refractivity (Wildman–Crippen MR) is 297 cm³/mol. The van der Waals surface area contributed by atoms with Gasteiger partial charge in [0.1, 0.15) is 11.2 Å². The van der Waals surface area contributed by atoms with Crippen molar-refractivity contribution in [1.29, 1.82) is 0 Å². The molecule has 6 heteroatoms. The minimum Gasteiger partial charge on any atom is -0.456 e. The Hall–Kier alpha value is -8.16. The van der Waals surface area contributed by atoms with Crippen LogP contribution in [-0.2, 0) is 0 Å². The number of aromatic nitrogens is 1. The molecule has 4 aromatic heterocycles. The minimum atomic E-state index is 0.00994. The fraction of sp³-hybridized carbons (Fsp3) is 0.0476. The van der Waals surface area contributed by atoms with E-state index in [1.165, 1.54) is 72.7 Å². The second-order valence-corrected chi connectivity index (χ2v) is 20.7. The van der Waals surface area contributed by atoms with E-state index in [0.29, 0.717) is 5.84 Å². The topological polar surface area (TPSA) is 42.8 Å². The van der Waals surface area contributed by atoms with Gasteiger partial charge >= 0.3 is 0 Å². The highest BCUT2D eigenvalue weighted by molar-refractivity contribution is 7.26. The second kappa shape index (κ2) is 14.9. The van der Waals surface area contributed by atoms with Gasteiger partial charge in [0, 0.05) is 90.6 Å². The van der Waals surface area contributed by atoms with E-state index in [0.717, 1.165) is 73.2 Å². The Labute approximate surface area is 404 Å². The third-order valence-electron chi connectivity index (χ3n) is 14.4. The Morgan fingerprint density at radius 2 is 0.986 bits per heavy atom. The van der Waals surface area contributed by atoms with Crippen molar-refractivity contribution in [2.24, 2.45) is 15.9 Å². The zero-order valence-electron chi connectivity index (χ0n) is 37.4.